The fourth-order valence-corrected chi connectivity index (χ4v) is 2.45. The monoisotopic (exact) mass is 250 g/mol. The van der Waals surface area contributed by atoms with Crippen molar-refractivity contribution in [3.05, 3.63) is 35.6 Å². The highest BCUT2D eigenvalue weighted by Gasteiger charge is 2.24. The first-order valence-corrected chi connectivity index (χ1v) is 6.42. The van der Waals surface area contributed by atoms with E-state index in [1.807, 2.05) is 0 Å². The Morgan fingerprint density at radius 2 is 1.83 bits per heavy atom. The maximum absolute atomic E-state index is 12.7. The van der Waals surface area contributed by atoms with Crippen LogP contribution in [0.2, 0.25) is 0 Å². The number of hydrogen-bond acceptors (Lipinski definition) is 2. The molecule has 0 atom stereocenters. The lowest BCUT2D eigenvalue weighted by atomic mass is 9.85. The van der Waals surface area contributed by atoms with Gasteiger partial charge in [-0.1, -0.05) is 12.1 Å². The largest absolute Gasteiger partial charge is 0.369 e. The Hall–Kier alpha value is -1.42. The molecule has 1 aromatic carbocycles. The van der Waals surface area contributed by atoms with Crippen LogP contribution in [0, 0.1) is 11.7 Å². The fourth-order valence-electron chi connectivity index (χ4n) is 2.45. The van der Waals surface area contributed by atoms with E-state index in [1.165, 1.54) is 12.1 Å². The second-order valence-corrected chi connectivity index (χ2v) is 4.96. The fraction of sp³-hybridized carbons (Fsp3) is 0.500. The molecule has 98 valence electrons. The van der Waals surface area contributed by atoms with Crippen LogP contribution in [0.15, 0.2) is 24.3 Å². The summed E-state index contributed by atoms with van der Waals surface area (Å²) < 4.78 is 12.7. The molecule has 1 amide bonds. The number of halogens is 1. The SMILES string of the molecule is NC(=O)C1CCC(NCc2ccc(F)cc2)CC1. The van der Waals surface area contributed by atoms with Crippen LogP contribution >= 0.6 is 0 Å². The number of amides is 1. The van der Waals surface area contributed by atoms with Gasteiger partial charge in [-0.05, 0) is 43.4 Å². The lowest BCUT2D eigenvalue weighted by Crippen LogP contribution is -2.36. The van der Waals surface area contributed by atoms with Crippen LogP contribution in [0.25, 0.3) is 0 Å². The minimum atomic E-state index is -0.208. The average molecular weight is 250 g/mol. The molecule has 1 aliphatic rings. The number of hydrogen-bond donors (Lipinski definition) is 2. The molecular weight excluding hydrogens is 231 g/mol. The Balaban J connectivity index is 1.75. The topological polar surface area (TPSA) is 55.1 Å². The molecule has 0 unspecified atom stereocenters. The summed E-state index contributed by atoms with van der Waals surface area (Å²) in [5.74, 6) is -0.332. The van der Waals surface area contributed by atoms with E-state index in [1.54, 1.807) is 12.1 Å². The van der Waals surface area contributed by atoms with Crippen LogP contribution in [-0.4, -0.2) is 11.9 Å². The molecule has 18 heavy (non-hydrogen) atoms. The van der Waals surface area contributed by atoms with Crippen molar-refractivity contribution in [2.24, 2.45) is 11.7 Å². The van der Waals surface area contributed by atoms with E-state index in [0.717, 1.165) is 37.8 Å². The molecule has 2 rings (SSSR count). The maximum atomic E-state index is 12.7. The molecule has 3 N–H and O–H groups in total. The van der Waals surface area contributed by atoms with E-state index in [-0.39, 0.29) is 17.6 Å². The number of nitrogens with one attached hydrogen (secondary N) is 1. The van der Waals surface area contributed by atoms with Crippen molar-refractivity contribution >= 4 is 5.91 Å². The van der Waals surface area contributed by atoms with Gasteiger partial charge in [0, 0.05) is 18.5 Å². The number of carbonyl (C=O) groups is 1. The Morgan fingerprint density at radius 3 is 2.39 bits per heavy atom. The van der Waals surface area contributed by atoms with Crippen LogP contribution in [0.5, 0.6) is 0 Å². The first-order valence-electron chi connectivity index (χ1n) is 6.42. The number of nitrogens with two attached hydrogens (primary N) is 1. The molecule has 0 saturated heterocycles. The average Bonchev–Trinajstić information content (AvgIpc) is 2.38. The van der Waals surface area contributed by atoms with Crippen molar-refractivity contribution in [1.29, 1.82) is 0 Å². The van der Waals surface area contributed by atoms with Crippen LogP contribution in [0.3, 0.4) is 0 Å². The van der Waals surface area contributed by atoms with Crippen LogP contribution < -0.4 is 11.1 Å². The first-order chi connectivity index (χ1) is 8.65. The Kier molecular flexibility index (Phi) is 4.31. The Bertz CT molecular complexity index is 397. The minimum Gasteiger partial charge on any atom is -0.369 e. The van der Waals surface area contributed by atoms with Gasteiger partial charge in [-0.15, -0.1) is 0 Å². The standard InChI is InChI=1S/C14H19FN2O/c15-12-5-1-10(2-6-12)9-17-13-7-3-11(4-8-13)14(16)18/h1-2,5-6,11,13,17H,3-4,7-9H2,(H2,16,18). The van der Waals surface area contributed by atoms with Gasteiger partial charge in [0.25, 0.3) is 0 Å². The van der Waals surface area contributed by atoms with E-state index in [4.69, 9.17) is 5.73 Å². The van der Waals surface area contributed by atoms with Gasteiger partial charge >= 0.3 is 0 Å². The Labute approximate surface area is 107 Å². The van der Waals surface area contributed by atoms with Gasteiger partial charge in [0.15, 0.2) is 0 Å². The first kappa shape index (κ1) is 13.0. The van der Waals surface area contributed by atoms with E-state index in [2.05, 4.69) is 5.32 Å². The highest BCUT2D eigenvalue weighted by atomic mass is 19.1. The van der Waals surface area contributed by atoms with Crippen LogP contribution in [-0.2, 0) is 11.3 Å². The third kappa shape index (κ3) is 3.53. The zero-order valence-corrected chi connectivity index (χ0v) is 10.4. The van der Waals surface area contributed by atoms with Gasteiger partial charge in [0.05, 0.1) is 0 Å². The third-order valence-corrected chi connectivity index (χ3v) is 3.64. The molecule has 0 bridgehead atoms. The smallest absolute Gasteiger partial charge is 0.220 e. The zero-order valence-electron chi connectivity index (χ0n) is 10.4. The van der Waals surface area contributed by atoms with E-state index < -0.39 is 0 Å². The van der Waals surface area contributed by atoms with Crippen LogP contribution in [0.4, 0.5) is 4.39 Å². The highest BCUT2D eigenvalue weighted by Crippen LogP contribution is 2.24. The van der Waals surface area contributed by atoms with E-state index in [0.29, 0.717) is 6.04 Å². The van der Waals surface area contributed by atoms with Gasteiger partial charge in [0.2, 0.25) is 5.91 Å². The molecule has 0 aromatic heterocycles. The number of carbonyl (C=O) groups excluding carboxylic acids is 1. The molecule has 1 aromatic rings. The summed E-state index contributed by atoms with van der Waals surface area (Å²) in [5.41, 5.74) is 6.37. The predicted molar refractivity (Wildman–Crippen MR) is 68.2 cm³/mol. The summed E-state index contributed by atoms with van der Waals surface area (Å²) >= 11 is 0. The molecule has 1 saturated carbocycles. The van der Waals surface area contributed by atoms with Crippen molar-refractivity contribution in [3.8, 4) is 0 Å². The summed E-state index contributed by atoms with van der Waals surface area (Å²) in [6, 6.07) is 6.96. The van der Waals surface area contributed by atoms with E-state index in [9.17, 15) is 9.18 Å². The van der Waals surface area contributed by atoms with Crippen molar-refractivity contribution < 1.29 is 9.18 Å². The summed E-state index contributed by atoms with van der Waals surface area (Å²) in [7, 11) is 0. The van der Waals surface area contributed by atoms with Crippen molar-refractivity contribution in [2.45, 2.75) is 38.3 Å². The van der Waals surface area contributed by atoms with Gasteiger partial charge in [-0.3, -0.25) is 4.79 Å². The maximum Gasteiger partial charge on any atom is 0.220 e. The predicted octanol–water partition coefficient (Wildman–Crippen LogP) is 1.96. The van der Waals surface area contributed by atoms with Crippen molar-refractivity contribution in [1.82, 2.24) is 5.32 Å². The lowest BCUT2D eigenvalue weighted by molar-refractivity contribution is -0.122. The summed E-state index contributed by atoms with van der Waals surface area (Å²) in [6.07, 6.45) is 3.70. The summed E-state index contributed by atoms with van der Waals surface area (Å²) in [5, 5.41) is 3.44. The molecule has 0 heterocycles. The van der Waals surface area contributed by atoms with Gasteiger partial charge in [0.1, 0.15) is 5.82 Å². The quantitative estimate of drug-likeness (QED) is 0.858. The molecule has 4 heteroatoms. The molecule has 1 fully saturated rings. The highest BCUT2D eigenvalue weighted by molar-refractivity contribution is 5.76. The number of rotatable bonds is 4. The summed E-state index contributed by atoms with van der Waals surface area (Å²) in [6.45, 7) is 0.742. The van der Waals surface area contributed by atoms with Gasteiger partial charge in [-0.25, -0.2) is 4.39 Å². The zero-order chi connectivity index (χ0) is 13.0. The van der Waals surface area contributed by atoms with Crippen molar-refractivity contribution in [3.63, 3.8) is 0 Å². The van der Waals surface area contributed by atoms with Crippen molar-refractivity contribution in [2.75, 3.05) is 0 Å². The second-order valence-electron chi connectivity index (χ2n) is 4.96. The molecule has 3 nitrogen and oxygen atoms in total. The lowest BCUT2D eigenvalue weighted by Gasteiger charge is -2.27. The van der Waals surface area contributed by atoms with E-state index >= 15 is 0 Å². The van der Waals surface area contributed by atoms with Gasteiger partial charge < -0.3 is 11.1 Å². The van der Waals surface area contributed by atoms with Crippen LogP contribution in [0.1, 0.15) is 31.2 Å². The Morgan fingerprint density at radius 1 is 1.22 bits per heavy atom. The molecule has 0 spiro atoms. The molecular formula is C14H19FN2O. The number of primary amides is 1. The molecule has 0 radical (unpaired) electrons. The second kappa shape index (κ2) is 5.96. The minimum absolute atomic E-state index is 0.0499. The molecule has 1 aliphatic carbocycles. The normalized spacial score (nSPS) is 23.8. The number of benzene rings is 1. The van der Waals surface area contributed by atoms with Gasteiger partial charge in [-0.2, -0.15) is 0 Å². The summed E-state index contributed by atoms with van der Waals surface area (Å²) in [4.78, 5) is 11.0. The third-order valence-electron chi connectivity index (χ3n) is 3.64. The molecule has 0 aliphatic heterocycles.